The van der Waals surface area contributed by atoms with Crippen LogP contribution >= 0.6 is 11.6 Å². The third-order valence-electron chi connectivity index (χ3n) is 5.19. The van der Waals surface area contributed by atoms with Crippen LogP contribution < -0.4 is 4.31 Å². The lowest BCUT2D eigenvalue weighted by molar-refractivity contribution is 0.0474. The normalized spacial score (nSPS) is 11.2. The molecule has 0 aliphatic heterocycles. The lowest BCUT2D eigenvalue weighted by atomic mass is 9.97. The van der Waals surface area contributed by atoms with Crippen molar-refractivity contribution in [3.63, 3.8) is 0 Å². The molecule has 3 aromatic rings. The van der Waals surface area contributed by atoms with Crippen molar-refractivity contribution < 1.29 is 22.7 Å². The van der Waals surface area contributed by atoms with E-state index in [1.165, 1.54) is 37.4 Å². The number of ketones is 1. The Morgan fingerprint density at radius 3 is 2.21 bits per heavy atom. The number of Topliss-reactive ketones (excluding diaryl/α,β-unsaturated/α-hetero) is 1. The van der Waals surface area contributed by atoms with E-state index in [1.807, 2.05) is 32.9 Å². The highest BCUT2D eigenvalue weighted by molar-refractivity contribution is 7.92. The monoisotopic (exact) mass is 485 g/mol. The summed E-state index contributed by atoms with van der Waals surface area (Å²) in [5.41, 5.74) is 3.59. The first kappa shape index (κ1) is 24.5. The maximum absolute atomic E-state index is 13.0. The maximum Gasteiger partial charge on any atom is 0.338 e. The molecular weight excluding hydrogens is 462 g/mol. The van der Waals surface area contributed by atoms with Crippen LogP contribution in [0.15, 0.2) is 65.6 Å². The van der Waals surface area contributed by atoms with Gasteiger partial charge in [-0.3, -0.25) is 9.10 Å². The molecule has 33 heavy (non-hydrogen) atoms. The minimum atomic E-state index is -3.95. The summed E-state index contributed by atoms with van der Waals surface area (Å²) in [5.74, 6) is -1.10. The number of ether oxygens (including phenoxy) is 1. The number of hydrogen-bond donors (Lipinski definition) is 0. The smallest absolute Gasteiger partial charge is 0.338 e. The Labute approximate surface area is 198 Å². The van der Waals surface area contributed by atoms with Crippen molar-refractivity contribution >= 4 is 39.1 Å². The molecule has 3 aromatic carbocycles. The summed E-state index contributed by atoms with van der Waals surface area (Å²) in [6.45, 7) is 5.17. The molecule has 0 heterocycles. The molecule has 0 radical (unpaired) electrons. The van der Waals surface area contributed by atoms with E-state index in [0.717, 1.165) is 21.0 Å². The lowest BCUT2D eigenvalue weighted by Gasteiger charge is -2.20. The summed E-state index contributed by atoms with van der Waals surface area (Å²) in [5, 5.41) is 0.399. The van der Waals surface area contributed by atoms with Gasteiger partial charge in [0, 0.05) is 17.6 Å². The van der Waals surface area contributed by atoms with Gasteiger partial charge in [-0.25, -0.2) is 13.2 Å². The molecule has 0 spiro atoms. The zero-order valence-electron chi connectivity index (χ0n) is 18.8. The third-order valence-corrected chi connectivity index (χ3v) is 7.21. The van der Waals surface area contributed by atoms with Crippen LogP contribution in [0.4, 0.5) is 5.69 Å². The van der Waals surface area contributed by atoms with Crippen molar-refractivity contribution in [2.75, 3.05) is 18.0 Å². The van der Waals surface area contributed by atoms with Crippen molar-refractivity contribution in [1.82, 2.24) is 0 Å². The lowest BCUT2D eigenvalue weighted by Crippen LogP contribution is -2.26. The third kappa shape index (κ3) is 5.43. The molecule has 0 fully saturated rings. The molecule has 0 atom stereocenters. The molecule has 0 bridgehead atoms. The van der Waals surface area contributed by atoms with Gasteiger partial charge in [-0.2, -0.15) is 0 Å². The highest BCUT2D eigenvalue weighted by Gasteiger charge is 2.23. The molecule has 172 valence electrons. The minimum absolute atomic E-state index is 0.0284. The molecule has 0 aliphatic carbocycles. The second-order valence-electron chi connectivity index (χ2n) is 7.75. The van der Waals surface area contributed by atoms with Gasteiger partial charge < -0.3 is 4.74 Å². The maximum atomic E-state index is 13.0. The molecule has 0 amide bonds. The van der Waals surface area contributed by atoms with Gasteiger partial charge in [0.1, 0.15) is 0 Å². The summed E-state index contributed by atoms with van der Waals surface area (Å²) in [6, 6.07) is 15.7. The Hall–Kier alpha value is -3.16. The van der Waals surface area contributed by atoms with Crippen LogP contribution in [0.1, 0.15) is 37.4 Å². The van der Waals surface area contributed by atoms with Crippen LogP contribution in [0.2, 0.25) is 5.02 Å². The molecule has 0 N–H and O–H groups in total. The predicted molar refractivity (Wildman–Crippen MR) is 129 cm³/mol. The van der Waals surface area contributed by atoms with Crippen LogP contribution in [0.25, 0.3) is 0 Å². The van der Waals surface area contributed by atoms with E-state index < -0.39 is 22.6 Å². The van der Waals surface area contributed by atoms with Crippen molar-refractivity contribution in [3.8, 4) is 0 Å². The summed E-state index contributed by atoms with van der Waals surface area (Å²) in [7, 11) is -2.55. The molecule has 6 nitrogen and oxygen atoms in total. The standard InChI is InChI=1S/C25H24ClNO5S/c1-16-11-17(2)24(18(3)12-16)23(28)15-32-25(29)19-7-5-10-22(13-19)33(30,31)27(4)21-9-6-8-20(26)14-21/h5-14H,15H2,1-4H3. The number of halogens is 1. The first-order valence-corrected chi connectivity index (χ1v) is 11.9. The van der Waals surface area contributed by atoms with Crippen LogP contribution in [-0.2, 0) is 14.8 Å². The van der Waals surface area contributed by atoms with E-state index in [1.54, 1.807) is 18.2 Å². The molecule has 8 heteroatoms. The average molecular weight is 486 g/mol. The number of carbonyl (C=O) groups is 2. The topological polar surface area (TPSA) is 80.8 Å². The number of aryl methyl sites for hydroxylation is 3. The molecule has 0 saturated carbocycles. The van der Waals surface area contributed by atoms with Gasteiger partial charge in [0.25, 0.3) is 10.0 Å². The van der Waals surface area contributed by atoms with Crippen molar-refractivity contribution in [2.24, 2.45) is 0 Å². The summed E-state index contributed by atoms with van der Waals surface area (Å²) < 4.78 is 32.4. The number of hydrogen-bond acceptors (Lipinski definition) is 5. The number of esters is 1. The first-order chi connectivity index (χ1) is 15.5. The second kappa shape index (κ2) is 9.77. The number of benzene rings is 3. The van der Waals surface area contributed by atoms with Gasteiger partial charge in [0.05, 0.1) is 16.1 Å². The first-order valence-electron chi connectivity index (χ1n) is 10.1. The highest BCUT2D eigenvalue weighted by atomic mass is 35.5. The molecular formula is C25H24ClNO5S. The number of sulfonamides is 1. The fraction of sp³-hybridized carbons (Fsp3) is 0.200. The zero-order valence-corrected chi connectivity index (χ0v) is 20.3. The van der Waals surface area contributed by atoms with Gasteiger partial charge in [-0.05, 0) is 68.3 Å². The minimum Gasteiger partial charge on any atom is -0.454 e. The Morgan fingerprint density at radius 1 is 0.939 bits per heavy atom. The highest BCUT2D eigenvalue weighted by Crippen LogP contribution is 2.25. The van der Waals surface area contributed by atoms with Crippen molar-refractivity contribution in [1.29, 1.82) is 0 Å². The van der Waals surface area contributed by atoms with Gasteiger partial charge in [-0.15, -0.1) is 0 Å². The Morgan fingerprint density at radius 2 is 1.58 bits per heavy atom. The Balaban J connectivity index is 1.78. The van der Waals surface area contributed by atoms with Crippen molar-refractivity contribution in [3.05, 3.63) is 93.5 Å². The van der Waals surface area contributed by atoms with E-state index in [9.17, 15) is 18.0 Å². The van der Waals surface area contributed by atoms with E-state index in [2.05, 4.69) is 0 Å². The van der Waals surface area contributed by atoms with Crippen LogP contribution in [0.5, 0.6) is 0 Å². The predicted octanol–water partition coefficient (Wildman–Crippen LogP) is 5.13. The van der Waals surface area contributed by atoms with Gasteiger partial charge in [0.2, 0.25) is 5.78 Å². The fourth-order valence-corrected chi connectivity index (χ4v) is 5.08. The summed E-state index contributed by atoms with van der Waals surface area (Å²) >= 11 is 5.97. The second-order valence-corrected chi connectivity index (χ2v) is 10.2. The van der Waals surface area contributed by atoms with Crippen LogP contribution in [0, 0.1) is 20.8 Å². The summed E-state index contributed by atoms with van der Waals surface area (Å²) in [6.07, 6.45) is 0. The van der Waals surface area contributed by atoms with E-state index in [0.29, 0.717) is 16.3 Å². The zero-order chi connectivity index (χ0) is 24.3. The van der Waals surface area contributed by atoms with Crippen molar-refractivity contribution in [2.45, 2.75) is 25.7 Å². The molecule has 0 aliphatic rings. The molecule has 0 saturated heterocycles. The van der Waals surface area contributed by atoms with Crippen LogP contribution in [0.3, 0.4) is 0 Å². The molecule has 0 aromatic heterocycles. The summed E-state index contributed by atoms with van der Waals surface area (Å²) in [4.78, 5) is 25.1. The fourth-order valence-electron chi connectivity index (χ4n) is 3.66. The van der Waals surface area contributed by atoms with E-state index in [4.69, 9.17) is 16.3 Å². The molecule has 0 unspecified atom stereocenters. The van der Waals surface area contributed by atoms with E-state index >= 15 is 0 Å². The van der Waals surface area contributed by atoms with Gasteiger partial charge >= 0.3 is 5.97 Å². The van der Waals surface area contributed by atoms with Gasteiger partial charge in [0.15, 0.2) is 6.61 Å². The number of nitrogens with zero attached hydrogens (tertiary/aromatic N) is 1. The average Bonchev–Trinajstić information content (AvgIpc) is 2.76. The van der Waals surface area contributed by atoms with Crippen LogP contribution in [-0.4, -0.2) is 33.8 Å². The van der Waals surface area contributed by atoms with Gasteiger partial charge in [-0.1, -0.05) is 41.4 Å². The molecule has 3 rings (SSSR count). The van der Waals surface area contributed by atoms with E-state index in [-0.39, 0.29) is 16.2 Å². The quantitative estimate of drug-likeness (QED) is 0.342. The number of rotatable bonds is 7. The number of carbonyl (C=O) groups excluding carboxylic acids is 2. The largest absolute Gasteiger partial charge is 0.454 e. The Kier molecular flexibility index (Phi) is 7.25. The number of anilines is 1. The Bertz CT molecular complexity index is 1310. The SMILES string of the molecule is Cc1cc(C)c(C(=O)COC(=O)c2cccc(S(=O)(=O)N(C)c3cccc(Cl)c3)c2)c(C)c1.